The summed E-state index contributed by atoms with van der Waals surface area (Å²) in [6, 6.07) is 17.0. The highest BCUT2D eigenvalue weighted by Gasteiger charge is 2.51. The number of halogens is 3. The Bertz CT molecular complexity index is 2360. The predicted molar refractivity (Wildman–Crippen MR) is 195 cm³/mol. The molecule has 3 aromatic heterocycles. The van der Waals surface area contributed by atoms with Gasteiger partial charge in [-0.2, -0.15) is 10.5 Å². The number of nitrogens with one attached hydrogen (secondary N) is 1. The average molecular weight is 735 g/mol. The molecular weight excluding hydrogens is 700 g/mol. The number of nitriles is 2. The van der Waals surface area contributed by atoms with Crippen molar-refractivity contribution in [3.63, 3.8) is 0 Å². The highest BCUT2D eigenvalue weighted by atomic mass is 35.5. The minimum Gasteiger partial charge on any atom is -0.487 e. The number of likely N-dealkylation sites (tertiary alicyclic amines) is 1. The van der Waals surface area contributed by atoms with Crippen LogP contribution in [0.25, 0.3) is 32.9 Å². The Labute approximate surface area is 309 Å². The molecule has 0 spiro atoms. The van der Waals surface area contributed by atoms with E-state index in [4.69, 9.17) is 32.9 Å². The van der Waals surface area contributed by atoms with Gasteiger partial charge in [0, 0.05) is 64.6 Å². The first-order chi connectivity index (χ1) is 25.2. The molecule has 0 radical (unpaired) electrons. The molecule has 2 aromatic carbocycles. The highest BCUT2D eigenvalue weighted by Crippen LogP contribution is 2.51. The fourth-order valence-corrected chi connectivity index (χ4v) is 9.17. The minimum atomic E-state index is -0.500. The van der Waals surface area contributed by atoms with Gasteiger partial charge in [-0.15, -0.1) is 0 Å². The molecule has 5 aliphatic rings. The van der Waals surface area contributed by atoms with Gasteiger partial charge in [-0.25, -0.2) is 14.4 Å². The summed E-state index contributed by atoms with van der Waals surface area (Å²) in [4.78, 5) is 25.0. The van der Waals surface area contributed by atoms with Crippen molar-refractivity contribution in [3.05, 3.63) is 87.2 Å². The number of pyridine rings is 2. The smallest absolute Gasteiger partial charge is 0.226 e. The maximum Gasteiger partial charge on any atom is 0.226 e. The first-order valence-electron chi connectivity index (χ1n) is 17.8. The molecule has 12 heteroatoms. The van der Waals surface area contributed by atoms with Gasteiger partial charge in [0.1, 0.15) is 29.1 Å². The third-order valence-corrected chi connectivity index (χ3v) is 12.2. The summed E-state index contributed by atoms with van der Waals surface area (Å²) in [5.74, 6) is 0.580. The zero-order chi connectivity index (χ0) is 35.8. The number of aromatic nitrogens is 3. The lowest BCUT2D eigenvalue weighted by molar-refractivity contribution is -0.133. The Balaban J connectivity index is 1.24. The fourth-order valence-electron chi connectivity index (χ4n) is 8.78. The second-order valence-corrected chi connectivity index (χ2v) is 15.3. The maximum absolute atomic E-state index is 17.2. The zero-order valence-corrected chi connectivity index (χ0v) is 29.9. The van der Waals surface area contributed by atoms with Gasteiger partial charge < -0.3 is 19.5 Å². The van der Waals surface area contributed by atoms with Gasteiger partial charge in [-0.1, -0.05) is 35.3 Å². The molecule has 2 saturated carbocycles. The van der Waals surface area contributed by atoms with Crippen molar-refractivity contribution < 1.29 is 13.9 Å². The summed E-state index contributed by atoms with van der Waals surface area (Å²) < 4.78 is 26.0. The van der Waals surface area contributed by atoms with Crippen LogP contribution in [0.15, 0.2) is 48.7 Å². The topological polar surface area (TPSA) is 120 Å². The van der Waals surface area contributed by atoms with Crippen molar-refractivity contribution in [1.29, 1.82) is 10.5 Å². The molecular formula is C40H34Cl2FN7O2. The Morgan fingerprint density at radius 1 is 1.13 bits per heavy atom. The number of hydrogen-bond acceptors (Lipinski definition) is 7. The Kier molecular flexibility index (Phi) is 8.11. The highest BCUT2D eigenvalue weighted by molar-refractivity contribution is 6.43. The monoisotopic (exact) mass is 733 g/mol. The molecule has 1 amide bonds. The molecule has 2 bridgehead atoms. The molecule has 2 aliphatic carbocycles. The van der Waals surface area contributed by atoms with Crippen LogP contribution in [0.5, 0.6) is 5.75 Å². The summed E-state index contributed by atoms with van der Waals surface area (Å²) in [5.41, 5.74) is 4.53. The van der Waals surface area contributed by atoms with Crippen LogP contribution in [0.2, 0.25) is 10.0 Å². The van der Waals surface area contributed by atoms with E-state index in [1.54, 1.807) is 36.5 Å². The second kappa shape index (κ2) is 12.7. The standard InChI is InChI=1S/C40H34Cl2FN7O2/c1-20-28-15-33(32-14-26(19-49(32)40(51)21-7-8-21)52-25-10-9-24(16-45)46-18-25)50(38-23-13-31(38)47-17-23)39(28)29-12-22(4-3-11-44)34(36(43)37(29)48-20)27-5-2-6-30(41)35(27)42/h2,5-6,9-10,12,15,18,21,23,26,31-32,38,47H,3-4,7-8,13-14,17,19H2,1H3/t23-,26+,31-,32-,38+/m1/s1. The van der Waals surface area contributed by atoms with Crippen molar-refractivity contribution in [1.82, 2.24) is 24.8 Å². The molecule has 262 valence electrons. The fraction of sp³-hybridized carbons (Fsp3) is 0.375. The number of ether oxygens (including phenoxy) is 1. The van der Waals surface area contributed by atoms with Crippen LogP contribution in [0.4, 0.5) is 4.39 Å². The van der Waals surface area contributed by atoms with Crippen LogP contribution in [0.1, 0.15) is 66.8 Å². The lowest BCUT2D eigenvalue weighted by Crippen LogP contribution is -2.41. The van der Waals surface area contributed by atoms with Gasteiger partial charge in [-0.05, 0) is 74.4 Å². The van der Waals surface area contributed by atoms with Crippen molar-refractivity contribution in [2.75, 3.05) is 13.1 Å². The number of benzene rings is 2. The summed E-state index contributed by atoms with van der Waals surface area (Å²) in [5, 5.41) is 24.6. The number of amides is 1. The van der Waals surface area contributed by atoms with Gasteiger partial charge >= 0.3 is 0 Å². The van der Waals surface area contributed by atoms with Crippen LogP contribution in [-0.4, -0.2) is 50.6 Å². The first-order valence-corrected chi connectivity index (χ1v) is 18.6. The lowest BCUT2D eigenvalue weighted by Gasteiger charge is -2.39. The average Bonchev–Trinajstić information content (AvgIpc) is 3.43. The van der Waals surface area contributed by atoms with E-state index in [0.29, 0.717) is 69.5 Å². The van der Waals surface area contributed by atoms with Crippen LogP contribution in [0.3, 0.4) is 0 Å². The summed E-state index contributed by atoms with van der Waals surface area (Å²) in [6.07, 6.45) is 5.15. The van der Waals surface area contributed by atoms with Crippen molar-refractivity contribution in [2.45, 2.75) is 69.7 Å². The van der Waals surface area contributed by atoms with E-state index >= 15 is 4.39 Å². The van der Waals surface area contributed by atoms with E-state index < -0.39 is 5.82 Å². The number of aryl methyl sites for hydroxylation is 2. The largest absolute Gasteiger partial charge is 0.487 e. The van der Waals surface area contributed by atoms with Gasteiger partial charge in [0.2, 0.25) is 5.91 Å². The molecule has 52 heavy (non-hydrogen) atoms. The molecule has 3 saturated heterocycles. The molecule has 0 unspecified atom stereocenters. The second-order valence-electron chi connectivity index (χ2n) is 14.5. The molecule has 10 rings (SSSR count). The summed E-state index contributed by atoms with van der Waals surface area (Å²) in [6.45, 7) is 3.22. The number of carbonyl (C=O) groups excluding carboxylic acids is 1. The maximum atomic E-state index is 17.2. The number of carbonyl (C=O) groups is 1. The third kappa shape index (κ3) is 5.31. The van der Waals surface area contributed by atoms with Gasteiger partial charge in [0.15, 0.2) is 5.82 Å². The predicted octanol–water partition coefficient (Wildman–Crippen LogP) is 8.00. The van der Waals surface area contributed by atoms with Crippen LogP contribution in [0, 0.1) is 47.2 Å². The quantitative estimate of drug-likeness (QED) is 0.172. The number of nitrogens with zero attached hydrogens (tertiary/aromatic N) is 6. The molecule has 1 N–H and O–H groups in total. The number of hydrogen-bond donors (Lipinski definition) is 1. The van der Waals surface area contributed by atoms with E-state index in [1.165, 1.54) is 0 Å². The van der Waals surface area contributed by atoms with Gasteiger partial charge in [0.25, 0.3) is 0 Å². The Morgan fingerprint density at radius 3 is 2.67 bits per heavy atom. The molecule has 5 atom stereocenters. The molecule has 9 nitrogen and oxygen atoms in total. The van der Waals surface area contributed by atoms with E-state index in [0.717, 1.165) is 42.4 Å². The number of rotatable bonds is 8. The van der Waals surface area contributed by atoms with Crippen molar-refractivity contribution in [2.24, 2.45) is 11.8 Å². The van der Waals surface area contributed by atoms with E-state index in [2.05, 4.69) is 27.0 Å². The minimum absolute atomic E-state index is 0.00923. The van der Waals surface area contributed by atoms with Crippen molar-refractivity contribution >= 4 is 50.9 Å². The van der Waals surface area contributed by atoms with Crippen LogP contribution < -0.4 is 10.1 Å². The third-order valence-electron chi connectivity index (χ3n) is 11.4. The van der Waals surface area contributed by atoms with Crippen molar-refractivity contribution in [3.8, 4) is 29.0 Å². The Hall–Kier alpha value is -4.74. The van der Waals surface area contributed by atoms with Crippen LogP contribution >= 0.6 is 23.2 Å². The normalized spacial score (nSPS) is 23.5. The SMILES string of the molecule is Cc1nc2c(F)c(-c3cccc(Cl)c3Cl)c(CCC#N)cc2c2c1cc([C@H]1C[C@H](Oc3ccc(C#N)nc3)CN1C(=O)C1CC1)n2[C@H]1[C@H]2CN[C@@H]1C2. The Morgan fingerprint density at radius 2 is 1.98 bits per heavy atom. The molecule has 6 heterocycles. The van der Waals surface area contributed by atoms with E-state index in [-0.39, 0.29) is 53.0 Å². The summed E-state index contributed by atoms with van der Waals surface area (Å²) in [7, 11) is 0. The van der Waals surface area contributed by atoms with Gasteiger partial charge in [-0.3, -0.25) is 4.79 Å². The molecule has 3 aliphatic heterocycles. The van der Waals surface area contributed by atoms with Gasteiger partial charge in [0.05, 0.1) is 46.5 Å². The zero-order valence-electron chi connectivity index (χ0n) is 28.4. The van der Waals surface area contributed by atoms with Crippen LogP contribution in [-0.2, 0) is 11.2 Å². The van der Waals surface area contributed by atoms with E-state index in [1.807, 2.05) is 24.0 Å². The van der Waals surface area contributed by atoms with E-state index in [9.17, 15) is 15.3 Å². The molecule has 5 aromatic rings. The molecule has 5 fully saturated rings. The number of fused-ring (bicyclic) bond motifs is 4. The first kappa shape index (κ1) is 33.1. The lowest BCUT2D eigenvalue weighted by atomic mass is 9.79. The summed E-state index contributed by atoms with van der Waals surface area (Å²) >= 11 is 13.1.